The van der Waals surface area contributed by atoms with Crippen LogP contribution in [-0.2, 0) is 0 Å². The zero-order valence-corrected chi connectivity index (χ0v) is 10.2. The first-order valence-electron chi connectivity index (χ1n) is 5.93. The van der Waals surface area contributed by atoms with Crippen molar-refractivity contribution in [3.05, 3.63) is 11.6 Å². The van der Waals surface area contributed by atoms with Crippen LogP contribution in [0.25, 0.3) is 0 Å². The minimum Gasteiger partial charge on any atom is -0.263 e. The van der Waals surface area contributed by atoms with E-state index in [0.29, 0.717) is 17.3 Å². The minimum absolute atomic E-state index is 0.383. The number of H-pyrrole nitrogens is 1. The normalized spacial score (nSPS) is 25.0. The average Bonchev–Trinajstić information content (AvgIpc) is 2.69. The van der Waals surface area contributed by atoms with Gasteiger partial charge in [0.1, 0.15) is 5.82 Å². The maximum Gasteiger partial charge on any atom is 0.153 e. The second-order valence-electron chi connectivity index (χ2n) is 5.67. The Labute approximate surface area is 91.7 Å². The molecular weight excluding hydrogens is 186 g/mol. The lowest BCUT2D eigenvalue weighted by molar-refractivity contribution is 0.322. The van der Waals surface area contributed by atoms with Crippen LogP contribution in [0.2, 0.25) is 0 Å². The fraction of sp³-hybridized carbons (Fsp3) is 0.833. The molecule has 1 saturated carbocycles. The molecule has 1 unspecified atom stereocenters. The monoisotopic (exact) mass is 207 g/mol. The van der Waals surface area contributed by atoms with Gasteiger partial charge in [0, 0.05) is 11.8 Å². The van der Waals surface area contributed by atoms with Crippen molar-refractivity contribution in [1.29, 1.82) is 0 Å². The molecular formula is C12H21N3. The van der Waals surface area contributed by atoms with E-state index in [0.717, 1.165) is 11.6 Å². The zero-order chi connectivity index (χ0) is 11.1. The highest BCUT2D eigenvalue weighted by molar-refractivity contribution is 5.07. The molecule has 15 heavy (non-hydrogen) atoms. The summed E-state index contributed by atoms with van der Waals surface area (Å²) in [6, 6.07) is 0. The van der Waals surface area contributed by atoms with Crippen LogP contribution in [0.3, 0.4) is 0 Å². The first-order valence-corrected chi connectivity index (χ1v) is 5.93. The summed E-state index contributed by atoms with van der Waals surface area (Å²) < 4.78 is 0. The van der Waals surface area contributed by atoms with Gasteiger partial charge in [-0.1, -0.05) is 34.1 Å². The molecule has 1 aliphatic carbocycles. The predicted octanol–water partition coefficient (Wildman–Crippen LogP) is 3.22. The highest BCUT2D eigenvalue weighted by Gasteiger charge is 2.37. The third-order valence-corrected chi connectivity index (χ3v) is 3.62. The van der Waals surface area contributed by atoms with Gasteiger partial charge in [-0.25, -0.2) is 4.98 Å². The molecule has 0 amide bonds. The van der Waals surface area contributed by atoms with Gasteiger partial charge in [0.25, 0.3) is 0 Å². The molecule has 0 saturated heterocycles. The summed E-state index contributed by atoms with van der Waals surface area (Å²) in [5.41, 5.74) is 0.383. The molecule has 1 fully saturated rings. The topological polar surface area (TPSA) is 41.6 Å². The molecule has 0 aromatic carbocycles. The summed E-state index contributed by atoms with van der Waals surface area (Å²) in [4.78, 5) is 4.62. The highest BCUT2D eigenvalue weighted by Crippen LogP contribution is 2.47. The summed E-state index contributed by atoms with van der Waals surface area (Å²) in [7, 11) is 0. The summed E-state index contributed by atoms with van der Waals surface area (Å²) in [5.74, 6) is 3.03. The molecule has 3 heteroatoms. The first-order chi connectivity index (χ1) is 7.00. The SMILES string of the molecule is CC(C)c1n[nH]c(C2CCCC2(C)C)n1. The number of hydrogen-bond donors (Lipinski definition) is 1. The molecule has 0 radical (unpaired) electrons. The third-order valence-electron chi connectivity index (χ3n) is 3.62. The molecule has 1 aromatic heterocycles. The molecule has 84 valence electrons. The van der Waals surface area contributed by atoms with Crippen LogP contribution in [0.15, 0.2) is 0 Å². The Bertz CT molecular complexity index is 338. The Morgan fingerprint density at radius 1 is 1.40 bits per heavy atom. The van der Waals surface area contributed by atoms with Gasteiger partial charge in [-0.15, -0.1) is 0 Å². The van der Waals surface area contributed by atoms with Gasteiger partial charge < -0.3 is 0 Å². The first kappa shape index (κ1) is 10.7. The van der Waals surface area contributed by atoms with E-state index in [4.69, 9.17) is 0 Å². The van der Waals surface area contributed by atoms with E-state index in [1.807, 2.05) is 0 Å². The lowest BCUT2D eigenvalue weighted by Gasteiger charge is -2.24. The van der Waals surface area contributed by atoms with Crippen LogP contribution in [0.4, 0.5) is 0 Å². The molecule has 2 rings (SSSR count). The quantitative estimate of drug-likeness (QED) is 0.809. The second kappa shape index (κ2) is 3.62. The van der Waals surface area contributed by atoms with Crippen LogP contribution in [0.1, 0.15) is 70.4 Å². The van der Waals surface area contributed by atoms with E-state index >= 15 is 0 Å². The van der Waals surface area contributed by atoms with Crippen LogP contribution >= 0.6 is 0 Å². The highest BCUT2D eigenvalue weighted by atomic mass is 15.2. The Morgan fingerprint density at radius 3 is 2.60 bits per heavy atom. The van der Waals surface area contributed by atoms with Gasteiger partial charge in [-0.05, 0) is 18.3 Å². The fourth-order valence-electron chi connectivity index (χ4n) is 2.54. The van der Waals surface area contributed by atoms with Crippen LogP contribution < -0.4 is 0 Å². The molecule has 3 nitrogen and oxygen atoms in total. The Kier molecular flexibility index (Phi) is 2.57. The zero-order valence-electron chi connectivity index (χ0n) is 10.2. The largest absolute Gasteiger partial charge is 0.263 e. The van der Waals surface area contributed by atoms with Gasteiger partial charge in [0.05, 0.1) is 0 Å². The summed E-state index contributed by atoms with van der Waals surface area (Å²) in [6.45, 7) is 8.93. The number of nitrogens with one attached hydrogen (secondary N) is 1. The van der Waals surface area contributed by atoms with Gasteiger partial charge in [0.2, 0.25) is 0 Å². The summed E-state index contributed by atoms with van der Waals surface area (Å²) >= 11 is 0. The van der Waals surface area contributed by atoms with Crippen molar-refractivity contribution in [1.82, 2.24) is 15.2 Å². The number of rotatable bonds is 2. The van der Waals surface area contributed by atoms with Crippen molar-refractivity contribution in [2.45, 2.75) is 58.8 Å². The van der Waals surface area contributed by atoms with Crippen molar-refractivity contribution < 1.29 is 0 Å². The van der Waals surface area contributed by atoms with Crippen LogP contribution in [-0.4, -0.2) is 15.2 Å². The van der Waals surface area contributed by atoms with E-state index in [9.17, 15) is 0 Å². The molecule has 0 bridgehead atoms. The van der Waals surface area contributed by atoms with Gasteiger partial charge >= 0.3 is 0 Å². The molecule has 1 N–H and O–H groups in total. The standard InChI is InChI=1S/C12H21N3/c1-8(2)10-13-11(15-14-10)9-6-5-7-12(9,3)4/h8-9H,5-7H2,1-4H3,(H,13,14,15). The lowest BCUT2D eigenvalue weighted by Crippen LogP contribution is -2.16. The number of nitrogens with zero attached hydrogens (tertiary/aromatic N) is 2. The molecule has 1 aromatic rings. The second-order valence-corrected chi connectivity index (χ2v) is 5.67. The number of aromatic amines is 1. The predicted molar refractivity (Wildman–Crippen MR) is 60.8 cm³/mol. The average molecular weight is 207 g/mol. The minimum atomic E-state index is 0.383. The Hall–Kier alpha value is -0.860. The van der Waals surface area contributed by atoms with Crippen molar-refractivity contribution in [2.24, 2.45) is 5.41 Å². The molecule has 0 aliphatic heterocycles. The van der Waals surface area contributed by atoms with E-state index < -0.39 is 0 Å². The van der Waals surface area contributed by atoms with Crippen LogP contribution in [0, 0.1) is 5.41 Å². The van der Waals surface area contributed by atoms with Crippen LogP contribution in [0.5, 0.6) is 0 Å². The molecule has 1 heterocycles. The lowest BCUT2D eigenvalue weighted by atomic mass is 9.81. The molecule has 1 aliphatic rings. The number of aromatic nitrogens is 3. The Morgan fingerprint density at radius 2 is 2.13 bits per heavy atom. The van der Waals surface area contributed by atoms with Gasteiger partial charge in [0.15, 0.2) is 5.82 Å². The van der Waals surface area contributed by atoms with E-state index in [-0.39, 0.29) is 0 Å². The fourth-order valence-corrected chi connectivity index (χ4v) is 2.54. The van der Waals surface area contributed by atoms with E-state index in [1.165, 1.54) is 19.3 Å². The Balaban J connectivity index is 2.22. The smallest absolute Gasteiger partial charge is 0.153 e. The van der Waals surface area contributed by atoms with Gasteiger partial charge in [-0.3, -0.25) is 5.10 Å². The summed E-state index contributed by atoms with van der Waals surface area (Å²) in [5, 5.41) is 7.41. The van der Waals surface area contributed by atoms with Crippen molar-refractivity contribution in [3.8, 4) is 0 Å². The molecule has 1 atom stereocenters. The van der Waals surface area contributed by atoms with Crippen molar-refractivity contribution >= 4 is 0 Å². The maximum atomic E-state index is 4.62. The summed E-state index contributed by atoms with van der Waals surface area (Å²) in [6.07, 6.45) is 3.87. The van der Waals surface area contributed by atoms with E-state index in [2.05, 4.69) is 42.9 Å². The maximum absolute atomic E-state index is 4.62. The third kappa shape index (κ3) is 1.92. The van der Waals surface area contributed by atoms with Gasteiger partial charge in [-0.2, -0.15) is 5.10 Å². The molecule has 0 spiro atoms. The van der Waals surface area contributed by atoms with Crippen molar-refractivity contribution in [3.63, 3.8) is 0 Å². The van der Waals surface area contributed by atoms with Crippen molar-refractivity contribution in [2.75, 3.05) is 0 Å². The number of hydrogen-bond acceptors (Lipinski definition) is 2. The van der Waals surface area contributed by atoms with E-state index in [1.54, 1.807) is 0 Å².